The summed E-state index contributed by atoms with van der Waals surface area (Å²) >= 11 is 6.11. The fourth-order valence-corrected chi connectivity index (χ4v) is 3.16. The molecule has 1 unspecified atom stereocenters. The number of aryl methyl sites for hydroxylation is 1. The molecule has 0 aliphatic rings. The van der Waals surface area contributed by atoms with Crippen LogP contribution in [-0.4, -0.2) is 15.3 Å². The summed E-state index contributed by atoms with van der Waals surface area (Å²) in [5, 5.41) is 3.64. The molecule has 1 N–H and O–H groups in total. The summed E-state index contributed by atoms with van der Waals surface area (Å²) in [6.45, 7) is 6.30. The van der Waals surface area contributed by atoms with Gasteiger partial charge in [0.25, 0.3) is 5.91 Å². The molecule has 130 valence electrons. The van der Waals surface area contributed by atoms with Crippen LogP contribution in [0.3, 0.4) is 0 Å². The number of halogens is 1. The van der Waals surface area contributed by atoms with E-state index in [1.807, 2.05) is 31.2 Å². The molecule has 0 aliphatic carbocycles. The van der Waals surface area contributed by atoms with Crippen LogP contribution in [0.15, 0.2) is 42.6 Å². The first-order chi connectivity index (χ1) is 12.0. The number of hydrogen-bond donors (Lipinski definition) is 1. The highest BCUT2D eigenvalue weighted by atomic mass is 35.5. The van der Waals surface area contributed by atoms with Crippen molar-refractivity contribution in [2.75, 3.05) is 5.32 Å². The van der Waals surface area contributed by atoms with Crippen LogP contribution in [0.4, 0.5) is 5.69 Å². The molecule has 0 aliphatic heterocycles. The molecule has 5 heteroatoms. The number of para-hydroxylation sites is 1. The fraction of sp³-hybridized carbons (Fsp3) is 0.300. The Balaban J connectivity index is 2.03. The molecule has 0 saturated carbocycles. The van der Waals surface area contributed by atoms with Crippen molar-refractivity contribution in [1.82, 2.24) is 9.38 Å². The van der Waals surface area contributed by atoms with Crippen molar-refractivity contribution in [1.29, 1.82) is 0 Å². The molecular weight excluding hydrogens is 334 g/mol. The molecule has 1 aromatic carbocycles. The van der Waals surface area contributed by atoms with Crippen LogP contribution in [0.25, 0.3) is 5.65 Å². The Labute approximate surface area is 152 Å². The van der Waals surface area contributed by atoms with Gasteiger partial charge < -0.3 is 5.32 Å². The van der Waals surface area contributed by atoms with E-state index in [9.17, 15) is 4.79 Å². The molecular formula is C20H22ClN3O. The molecule has 25 heavy (non-hydrogen) atoms. The topological polar surface area (TPSA) is 46.4 Å². The van der Waals surface area contributed by atoms with Crippen LogP contribution in [0, 0.1) is 0 Å². The van der Waals surface area contributed by atoms with Crippen LogP contribution in [0.2, 0.25) is 5.02 Å². The molecule has 4 nitrogen and oxygen atoms in total. The van der Waals surface area contributed by atoms with Crippen LogP contribution in [-0.2, 0) is 6.42 Å². The van der Waals surface area contributed by atoms with Crippen LogP contribution < -0.4 is 5.32 Å². The second kappa shape index (κ2) is 7.28. The molecule has 0 spiro atoms. The molecule has 3 rings (SSSR count). The van der Waals surface area contributed by atoms with Crippen molar-refractivity contribution in [2.45, 2.75) is 39.5 Å². The fourth-order valence-electron chi connectivity index (χ4n) is 3.00. The van der Waals surface area contributed by atoms with Gasteiger partial charge in [-0.3, -0.25) is 9.20 Å². The largest absolute Gasteiger partial charge is 0.320 e. The van der Waals surface area contributed by atoms with E-state index in [0.29, 0.717) is 23.1 Å². The van der Waals surface area contributed by atoms with Crippen LogP contribution in [0.5, 0.6) is 0 Å². The first-order valence-electron chi connectivity index (χ1n) is 8.61. The van der Waals surface area contributed by atoms with E-state index >= 15 is 0 Å². The number of anilines is 1. The van der Waals surface area contributed by atoms with Crippen molar-refractivity contribution < 1.29 is 4.79 Å². The van der Waals surface area contributed by atoms with E-state index in [4.69, 9.17) is 11.6 Å². The number of imidazole rings is 1. The second-order valence-corrected chi connectivity index (χ2v) is 6.62. The van der Waals surface area contributed by atoms with Gasteiger partial charge in [0.1, 0.15) is 11.3 Å². The van der Waals surface area contributed by atoms with Gasteiger partial charge in [0.15, 0.2) is 0 Å². The smallest absolute Gasteiger partial charge is 0.274 e. The second-order valence-electron chi connectivity index (χ2n) is 6.19. The van der Waals surface area contributed by atoms with Gasteiger partial charge >= 0.3 is 0 Å². The van der Waals surface area contributed by atoms with Crippen molar-refractivity contribution >= 4 is 28.8 Å². The van der Waals surface area contributed by atoms with E-state index < -0.39 is 0 Å². The maximum absolute atomic E-state index is 13.0. The van der Waals surface area contributed by atoms with E-state index in [0.717, 1.165) is 29.0 Å². The lowest BCUT2D eigenvalue weighted by molar-refractivity contribution is 0.102. The average molecular weight is 356 g/mol. The molecule has 2 heterocycles. The highest BCUT2D eigenvalue weighted by Crippen LogP contribution is 2.27. The lowest BCUT2D eigenvalue weighted by atomic mass is 9.97. The van der Waals surface area contributed by atoms with Crippen molar-refractivity contribution in [3.63, 3.8) is 0 Å². The van der Waals surface area contributed by atoms with Gasteiger partial charge in [0.2, 0.25) is 0 Å². The van der Waals surface area contributed by atoms with E-state index in [1.165, 1.54) is 0 Å². The molecule has 0 fully saturated rings. The summed E-state index contributed by atoms with van der Waals surface area (Å²) in [5.41, 5.74) is 4.02. The number of pyridine rings is 1. The van der Waals surface area contributed by atoms with Crippen molar-refractivity contribution in [3.05, 3.63) is 64.6 Å². The third kappa shape index (κ3) is 3.40. The van der Waals surface area contributed by atoms with Gasteiger partial charge in [-0.1, -0.05) is 50.6 Å². The molecule has 1 amide bonds. The van der Waals surface area contributed by atoms with E-state index in [1.54, 1.807) is 16.7 Å². The third-order valence-electron chi connectivity index (χ3n) is 4.56. The minimum atomic E-state index is -0.164. The molecule has 0 bridgehead atoms. The Morgan fingerprint density at radius 2 is 2.00 bits per heavy atom. The summed E-state index contributed by atoms with van der Waals surface area (Å²) in [4.78, 5) is 17.6. The molecule has 1 atom stereocenters. The van der Waals surface area contributed by atoms with Gasteiger partial charge in [-0.15, -0.1) is 0 Å². The predicted molar refractivity (Wildman–Crippen MR) is 103 cm³/mol. The van der Waals surface area contributed by atoms with Gasteiger partial charge in [0.05, 0.1) is 10.7 Å². The number of amides is 1. The maximum Gasteiger partial charge on any atom is 0.274 e. The van der Waals surface area contributed by atoms with Crippen LogP contribution in [0.1, 0.15) is 54.9 Å². The quantitative estimate of drug-likeness (QED) is 0.673. The number of carbonyl (C=O) groups is 1. The first-order valence-corrected chi connectivity index (χ1v) is 8.99. The van der Waals surface area contributed by atoms with Gasteiger partial charge in [0, 0.05) is 11.9 Å². The first kappa shape index (κ1) is 17.5. The Bertz CT molecular complexity index is 916. The van der Waals surface area contributed by atoms with E-state index in [2.05, 4.69) is 30.2 Å². The van der Waals surface area contributed by atoms with E-state index in [-0.39, 0.29) is 5.91 Å². The number of hydrogen-bond acceptors (Lipinski definition) is 2. The van der Waals surface area contributed by atoms with Gasteiger partial charge in [-0.2, -0.15) is 0 Å². The predicted octanol–water partition coefficient (Wildman–Crippen LogP) is 5.32. The number of carbonyl (C=O) groups excluding carboxylic acids is 1. The number of fused-ring (bicyclic) bond motifs is 1. The number of aromatic nitrogens is 2. The Morgan fingerprint density at radius 3 is 2.72 bits per heavy atom. The van der Waals surface area contributed by atoms with Crippen LogP contribution >= 0.6 is 11.6 Å². The van der Waals surface area contributed by atoms with Crippen molar-refractivity contribution in [3.8, 4) is 0 Å². The minimum absolute atomic E-state index is 0.164. The zero-order valence-corrected chi connectivity index (χ0v) is 15.5. The van der Waals surface area contributed by atoms with Gasteiger partial charge in [-0.25, -0.2) is 4.98 Å². The molecule has 3 aromatic rings. The zero-order chi connectivity index (χ0) is 18.0. The maximum atomic E-state index is 13.0. The summed E-state index contributed by atoms with van der Waals surface area (Å²) in [6.07, 6.45) is 3.42. The summed E-state index contributed by atoms with van der Waals surface area (Å²) in [5.74, 6) is 0.209. The summed E-state index contributed by atoms with van der Waals surface area (Å²) < 4.78 is 1.77. The highest BCUT2D eigenvalue weighted by molar-refractivity contribution is 6.30. The minimum Gasteiger partial charge on any atom is -0.320 e. The Morgan fingerprint density at radius 1 is 1.24 bits per heavy atom. The third-order valence-corrected chi connectivity index (χ3v) is 4.78. The Hall–Kier alpha value is -2.33. The number of nitrogens with zero attached hydrogens (tertiary/aromatic N) is 2. The Kier molecular flexibility index (Phi) is 5.09. The zero-order valence-electron chi connectivity index (χ0n) is 14.7. The highest BCUT2D eigenvalue weighted by Gasteiger charge is 2.20. The SMILES string of the molecule is CCc1nc2ccc(Cl)cn2c1C(=O)Nc1ccccc1C(C)CC. The normalized spacial score (nSPS) is 12.3. The molecule has 0 saturated heterocycles. The van der Waals surface area contributed by atoms with Gasteiger partial charge in [-0.05, 0) is 42.5 Å². The van der Waals surface area contributed by atoms with Crippen molar-refractivity contribution in [2.24, 2.45) is 0 Å². The lowest BCUT2D eigenvalue weighted by Crippen LogP contribution is -2.17. The molecule has 0 radical (unpaired) electrons. The average Bonchev–Trinajstić information content (AvgIpc) is 2.99. The monoisotopic (exact) mass is 355 g/mol. The number of rotatable bonds is 5. The lowest BCUT2D eigenvalue weighted by Gasteiger charge is -2.16. The molecule has 2 aromatic heterocycles. The summed E-state index contributed by atoms with van der Waals surface area (Å²) in [7, 11) is 0. The number of nitrogens with one attached hydrogen (secondary N) is 1. The standard InChI is InChI=1S/C20H22ClN3O/c1-4-13(3)15-8-6-7-9-17(15)23-20(25)19-16(5-2)22-18-11-10-14(21)12-24(18)19/h6-13H,4-5H2,1-3H3,(H,23,25). The number of benzene rings is 1. The summed E-state index contributed by atoms with van der Waals surface area (Å²) in [6, 6.07) is 11.6.